The van der Waals surface area contributed by atoms with Gasteiger partial charge >= 0.3 is 11.8 Å². The third kappa shape index (κ3) is 3.41. The van der Waals surface area contributed by atoms with Crippen LogP contribution in [0.3, 0.4) is 0 Å². The number of carbonyl (C=O) groups is 2. The van der Waals surface area contributed by atoms with Gasteiger partial charge in [-0.25, -0.2) is 5.43 Å². The molecule has 0 saturated heterocycles. The predicted molar refractivity (Wildman–Crippen MR) is 83.2 cm³/mol. The smallest absolute Gasteiger partial charge is 0.329 e. The van der Waals surface area contributed by atoms with Crippen LogP contribution >= 0.6 is 0 Å². The Labute approximate surface area is 126 Å². The fourth-order valence-electron chi connectivity index (χ4n) is 1.86. The van der Waals surface area contributed by atoms with E-state index in [1.807, 2.05) is 35.8 Å². The van der Waals surface area contributed by atoms with Gasteiger partial charge in [0.1, 0.15) is 12.4 Å². The van der Waals surface area contributed by atoms with Crippen LogP contribution in [0.25, 0.3) is 10.8 Å². The molecule has 110 valence electrons. The average molecular weight is 295 g/mol. The summed E-state index contributed by atoms with van der Waals surface area (Å²) in [6.45, 7) is 0.104. The van der Waals surface area contributed by atoms with Gasteiger partial charge in [0.2, 0.25) is 0 Å². The van der Waals surface area contributed by atoms with Crippen LogP contribution in [0.5, 0.6) is 5.75 Å². The zero-order valence-electron chi connectivity index (χ0n) is 11.6. The zero-order chi connectivity index (χ0) is 15.9. The van der Waals surface area contributed by atoms with Crippen LogP contribution in [0.4, 0.5) is 0 Å². The number of hydrogen-bond acceptors (Lipinski definition) is 4. The molecule has 2 aromatic carbocycles. The number of carbonyl (C=O) groups excluding carboxylic acids is 2. The molecule has 2 rings (SSSR count). The van der Waals surface area contributed by atoms with Crippen molar-refractivity contribution >= 4 is 28.8 Å². The molecule has 0 bridgehead atoms. The highest BCUT2D eigenvalue weighted by molar-refractivity contribution is 6.34. The minimum Gasteiger partial charge on any atom is -0.480 e. The molecule has 0 aromatic heterocycles. The summed E-state index contributed by atoms with van der Waals surface area (Å²) in [4.78, 5) is 21.7. The molecule has 0 aliphatic carbocycles. The van der Waals surface area contributed by atoms with Crippen molar-refractivity contribution in [1.29, 1.82) is 0 Å². The van der Waals surface area contributed by atoms with Gasteiger partial charge in [-0.3, -0.25) is 9.59 Å². The Morgan fingerprint density at radius 1 is 1.32 bits per heavy atom. The summed E-state index contributed by atoms with van der Waals surface area (Å²) in [7, 11) is 0. The summed E-state index contributed by atoms with van der Waals surface area (Å²) in [5, 5.41) is 5.56. The summed E-state index contributed by atoms with van der Waals surface area (Å²) < 4.78 is 5.47. The number of amides is 2. The SMILES string of the molecule is C#CCOc1ccc2ccccc2c1/C=N\NC(=O)C(N)=O. The van der Waals surface area contributed by atoms with E-state index in [4.69, 9.17) is 16.9 Å². The van der Waals surface area contributed by atoms with Crippen LogP contribution in [0, 0.1) is 12.3 Å². The molecule has 22 heavy (non-hydrogen) atoms. The van der Waals surface area contributed by atoms with E-state index in [0.717, 1.165) is 10.8 Å². The van der Waals surface area contributed by atoms with E-state index >= 15 is 0 Å². The van der Waals surface area contributed by atoms with E-state index in [9.17, 15) is 9.59 Å². The number of nitrogens with one attached hydrogen (secondary N) is 1. The summed E-state index contributed by atoms with van der Waals surface area (Å²) >= 11 is 0. The summed E-state index contributed by atoms with van der Waals surface area (Å²) in [5.41, 5.74) is 7.51. The van der Waals surface area contributed by atoms with E-state index < -0.39 is 11.8 Å². The molecule has 0 unspecified atom stereocenters. The minimum absolute atomic E-state index is 0.104. The largest absolute Gasteiger partial charge is 0.480 e. The Kier molecular flexibility index (Phi) is 4.73. The second kappa shape index (κ2) is 6.90. The molecule has 0 fully saturated rings. The zero-order valence-corrected chi connectivity index (χ0v) is 11.6. The van der Waals surface area contributed by atoms with Gasteiger partial charge in [0.25, 0.3) is 0 Å². The lowest BCUT2D eigenvalue weighted by Gasteiger charge is -2.09. The van der Waals surface area contributed by atoms with E-state index in [2.05, 4.69) is 11.0 Å². The number of primary amides is 1. The van der Waals surface area contributed by atoms with Gasteiger partial charge in [-0.1, -0.05) is 36.3 Å². The van der Waals surface area contributed by atoms with Crippen molar-refractivity contribution < 1.29 is 14.3 Å². The van der Waals surface area contributed by atoms with Crippen molar-refractivity contribution in [2.75, 3.05) is 6.61 Å². The number of hydrogen-bond donors (Lipinski definition) is 2. The Morgan fingerprint density at radius 3 is 2.82 bits per heavy atom. The van der Waals surface area contributed by atoms with Crippen LogP contribution in [0.2, 0.25) is 0 Å². The third-order valence-corrected chi connectivity index (χ3v) is 2.83. The van der Waals surface area contributed by atoms with Crippen LogP contribution in [-0.2, 0) is 9.59 Å². The molecular formula is C16H13N3O3. The molecule has 3 N–H and O–H groups in total. The highest BCUT2D eigenvalue weighted by Gasteiger charge is 2.08. The first-order valence-corrected chi connectivity index (χ1v) is 6.34. The topological polar surface area (TPSA) is 93.8 Å². The van der Waals surface area contributed by atoms with E-state index in [1.54, 1.807) is 6.07 Å². The van der Waals surface area contributed by atoms with Gasteiger partial charge in [-0.15, -0.1) is 6.42 Å². The highest BCUT2D eigenvalue weighted by atomic mass is 16.5. The lowest BCUT2D eigenvalue weighted by Crippen LogP contribution is -2.32. The molecule has 0 radical (unpaired) electrons. The number of fused-ring (bicyclic) bond motifs is 1. The maximum absolute atomic E-state index is 11.1. The fourth-order valence-corrected chi connectivity index (χ4v) is 1.86. The van der Waals surface area contributed by atoms with Crippen molar-refractivity contribution in [2.24, 2.45) is 10.8 Å². The van der Waals surface area contributed by atoms with Crippen molar-refractivity contribution in [3.63, 3.8) is 0 Å². The van der Waals surface area contributed by atoms with E-state index in [0.29, 0.717) is 11.3 Å². The predicted octanol–water partition coefficient (Wildman–Crippen LogP) is 0.787. The van der Waals surface area contributed by atoms with Gasteiger partial charge in [-0.2, -0.15) is 5.10 Å². The number of terminal acetylenes is 1. The van der Waals surface area contributed by atoms with Gasteiger partial charge in [0.05, 0.1) is 6.21 Å². The van der Waals surface area contributed by atoms with Gasteiger partial charge < -0.3 is 10.5 Å². The van der Waals surface area contributed by atoms with Crippen LogP contribution in [-0.4, -0.2) is 24.6 Å². The van der Waals surface area contributed by atoms with E-state index in [1.165, 1.54) is 6.21 Å². The number of ether oxygens (including phenoxy) is 1. The van der Waals surface area contributed by atoms with Gasteiger partial charge in [-0.05, 0) is 16.8 Å². The molecule has 0 spiro atoms. The van der Waals surface area contributed by atoms with Gasteiger partial charge in [0, 0.05) is 5.56 Å². The van der Waals surface area contributed by atoms with Crippen LogP contribution < -0.4 is 15.9 Å². The lowest BCUT2D eigenvalue weighted by molar-refractivity contribution is -0.137. The monoisotopic (exact) mass is 295 g/mol. The van der Waals surface area contributed by atoms with Crippen molar-refractivity contribution in [3.05, 3.63) is 42.0 Å². The standard InChI is InChI=1S/C16H13N3O3/c1-2-9-22-14-8-7-11-5-3-4-6-12(11)13(14)10-18-19-16(21)15(17)20/h1,3-8,10H,9H2,(H2,17,20)(H,19,21)/b18-10-. The van der Waals surface area contributed by atoms with E-state index in [-0.39, 0.29) is 6.61 Å². The highest BCUT2D eigenvalue weighted by Crippen LogP contribution is 2.26. The fraction of sp³-hybridized carbons (Fsp3) is 0.0625. The quantitative estimate of drug-likeness (QED) is 0.378. The average Bonchev–Trinajstić information content (AvgIpc) is 2.53. The summed E-state index contributed by atoms with van der Waals surface area (Å²) in [5.74, 6) is 0.795. The molecule has 6 nitrogen and oxygen atoms in total. The second-order valence-electron chi connectivity index (χ2n) is 4.25. The first kappa shape index (κ1) is 15.1. The Bertz CT molecular complexity index is 791. The molecule has 0 atom stereocenters. The Morgan fingerprint density at radius 2 is 2.09 bits per heavy atom. The molecule has 0 heterocycles. The van der Waals surface area contributed by atoms with Crippen LogP contribution in [0.1, 0.15) is 5.56 Å². The number of benzene rings is 2. The molecular weight excluding hydrogens is 282 g/mol. The van der Waals surface area contributed by atoms with Crippen LogP contribution in [0.15, 0.2) is 41.5 Å². The molecule has 0 aliphatic heterocycles. The second-order valence-corrected chi connectivity index (χ2v) is 4.25. The molecule has 0 aliphatic rings. The maximum atomic E-state index is 11.1. The Hall–Kier alpha value is -3.33. The minimum atomic E-state index is -1.11. The number of rotatable bonds is 4. The molecule has 0 saturated carbocycles. The van der Waals surface area contributed by atoms with Crippen molar-refractivity contribution in [2.45, 2.75) is 0 Å². The first-order valence-electron chi connectivity index (χ1n) is 6.34. The number of nitrogens with two attached hydrogens (primary N) is 1. The number of hydrazone groups is 1. The molecule has 2 amide bonds. The molecule has 2 aromatic rings. The normalized spacial score (nSPS) is 10.3. The molecule has 6 heteroatoms. The Balaban J connectivity index is 2.39. The van der Waals surface area contributed by atoms with Gasteiger partial charge in [0.15, 0.2) is 0 Å². The van der Waals surface area contributed by atoms with Crippen molar-refractivity contribution in [3.8, 4) is 18.1 Å². The van der Waals surface area contributed by atoms with Crippen molar-refractivity contribution in [1.82, 2.24) is 5.43 Å². The summed E-state index contributed by atoms with van der Waals surface area (Å²) in [6.07, 6.45) is 6.58. The third-order valence-electron chi connectivity index (χ3n) is 2.83. The number of nitrogens with zero attached hydrogens (tertiary/aromatic N) is 1. The lowest BCUT2D eigenvalue weighted by atomic mass is 10.0. The first-order chi connectivity index (χ1) is 10.6. The maximum Gasteiger partial charge on any atom is 0.329 e. The summed E-state index contributed by atoms with van der Waals surface area (Å²) in [6, 6.07) is 11.2.